The molecule has 0 spiro atoms. The molecule has 138 valence electrons. The summed E-state index contributed by atoms with van der Waals surface area (Å²) in [6, 6.07) is 8.31. The molecule has 0 radical (unpaired) electrons. The average molecular weight is 465 g/mol. The fourth-order valence-electron chi connectivity index (χ4n) is 2.04. The largest absolute Gasteiger partial charge is 0.497 e. The molecule has 0 heterocycles. The monoisotopic (exact) mass is 465 g/mol. The number of nitrogens with one attached hydrogen (secondary N) is 2. The number of nitrogens with zero attached hydrogens (tertiary/aromatic N) is 1. The molecule has 0 bridgehead atoms. The first kappa shape index (κ1) is 23.4. The topological polar surface area (TPSA) is 45.7 Å². The SMILES string of the molecule is CN=C(NCCCCc1ccc(OC)cc1)NCC(C)(C)SC.I. The van der Waals surface area contributed by atoms with E-state index in [4.69, 9.17) is 4.74 Å². The van der Waals surface area contributed by atoms with E-state index >= 15 is 0 Å². The zero-order chi connectivity index (χ0) is 17.1. The Hall–Kier alpha value is -0.630. The third-order valence-corrected chi connectivity index (χ3v) is 5.05. The molecule has 0 fully saturated rings. The van der Waals surface area contributed by atoms with E-state index in [1.807, 2.05) is 30.9 Å². The number of hydrogen-bond acceptors (Lipinski definition) is 3. The van der Waals surface area contributed by atoms with Crippen LogP contribution in [0.2, 0.25) is 0 Å². The minimum absolute atomic E-state index is 0. The number of thioether (sulfide) groups is 1. The summed E-state index contributed by atoms with van der Waals surface area (Å²) in [6.07, 6.45) is 5.51. The van der Waals surface area contributed by atoms with Gasteiger partial charge in [-0.1, -0.05) is 12.1 Å². The molecule has 4 nitrogen and oxygen atoms in total. The number of hydrogen-bond donors (Lipinski definition) is 2. The van der Waals surface area contributed by atoms with Crippen LogP contribution in [0.15, 0.2) is 29.3 Å². The van der Waals surface area contributed by atoms with Gasteiger partial charge in [0, 0.05) is 24.9 Å². The number of guanidine groups is 1. The standard InChI is InChI=1S/C18H31N3OS.HI/c1-18(2,23-5)14-21-17(19-3)20-13-7-6-8-15-9-11-16(22-4)12-10-15;/h9-12H,6-8,13-14H2,1-5H3,(H2,19,20,21);1H. The van der Waals surface area contributed by atoms with Gasteiger partial charge in [-0.2, -0.15) is 11.8 Å². The van der Waals surface area contributed by atoms with E-state index in [1.165, 1.54) is 5.56 Å². The summed E-state index contributed by atoms with van der Waals surface area (Å²) in [5, 5.41) is 6.77. The Balaban J connectivity index is 0.00000529. The molecular formula is C18H32IN3OS. The molecule has 2 N–H and O–H groups in total. The van der Waals surface area contributed by atoms with Crippen LogP contribution < -0.4 is 15.4 Å². The zero-order valence-electron chi connectivity index (χ0n) is 15.5. The summed E-state index contributed by atoms with van der Waals surface area (Å²) in [4.78, 5) is 4.27. The highest BCUT2D eigenvalue weighted by atomic mass is 127. The number of benzene rings is 1. The molecule has 0 aromatic heterocycles. The quantitative estimate of drug-likeness (QED) is 0.251. The highest BCUT2D eigenvalue weighted by Crippen LogP contribution is 2.19. The van der Waals surface area contributed by atoms with Crippen molar-refractivity contribution in [3.05, 3.63) is 29.8 Å². The van der Waals surface area contributed by atoms with Crippen molar-refractivity contribution < 1.29 is 4.74 Å². The van der Waals surface area contributed by atoms with Crippen molar-refractivity contribution in [1.29, 1.82) is 0 Å². The van der Waals surface area contributed by atoms with Gasteiger partial charge < -0.3 is 15.4 Å². The van der Waals surface area contributed by atoms with E-state index in [2.05, 4.69) is 47.9 Å². The maximum absolute atomic E-state index is 5.17. The predicted molar refractivity (Wildman–Crippen MR) is 118 cm³/mol. The fourth-order valence-corrected chi connectivity index (χ4v) is 2.26. The van der Waals surface area contributed by atoms with Crippen LogP contribution in [-0.2, 0) is 6.42 Å². The van der Waals surface area contributed by atoms with Crippen LogP contribution in [-0.4, -0.2) is 44.2 Å². The van der Waals surface area contributed by atoms with Crippen molar-refractivity contribution in [1.82, 2.24) is 10.6 Å². The molecule has 1 rings (SSSR count). The van der Waals surface area contributed by atoms with Crippen LogP contribution in [0.3, 0.4) is 0 Å². The number of unbranched alkanes of at least 4 members (excludes halogenated alkanes) is 1. The van der Waals surface area contributed by atoms with Crippen LogP contribution in [0, 0.1) is 0 Å². The lowest BCUT2D eigenvalue weighted by Crippen LogP contribution is -2.43. The van der Waals surface area contributed by atoms with Gasteiger partial charge in [-0.05, 0) is 57.1 Å². The number of aryl methyl sites for hydroxylation is 1. The van der Waals surface area contributed by atoms with Crippen molar-refractivity contribution in [3.63, 3.8) is 0 Å². The minimum Gasteiger partial charge on any atom is -0.497 e. The summed E-state index contributed by atoms with van der Waals surface area (Å²) in [7, 11) is 3.51. The van der Waals surface area contributed by atoms with Crippen molar-refractivity contribution in [2.75, 3.05) is 33.5 Å². The normalized spacial score (nSPS) is 11.6. The van der Waals surface area contributed by atoms with Gasteiger partial charge in [0.25, 0.3) is 0 Å². The van der Waals surface area contributed by atoms with Gasteiger partial charge in [0.2, 0.25) is 0 Å². The Morgan fingerprint density at radius 1 is 1.17 bits per heavy atom. The summed E-state index contributed by atoms with van der Waals surface area (Å²) in [5.41, 5.74) is 1.36. The fraction of sp³-hybridized carbons (Fsp3) is 0.611. The molecule has 0 aliphatic rings. The van der Waals surface area contributed by atoms with E-state index in [0.29, 0.717) is 0 Å². The molecule has 0 saturated heterocycles. The van der Waals surface area contributed by atoms with Crippen molar-refractivity contribution in [2.45, 2.75) is 37.9 Å². The van der Waals surface area contributed by atoms with E-state index < -0.39 is 0 Å². The summed E-state index contributed by atoms with van der Waals surface area (Å²) in [6.45, 7) is 6.30. The van der Waals surface area contributed by atoms with E-state index in [-0.39, 0.29) is 28.7 Å². The molecular weight excluding hydrogens is 433 g/mol. The van der Waals surface area contributed by atoms with Gasteiger partial charge >= 0.3 is 0 Å². The van der Waals surface area contributed by atoms with Gasteiger partial charge in [-0.3, -0.25) is 4.99 Å². The lowest BCUT2D eigenvalue weighted by molar-refractivity contribution is 0.414. The van der Waals surface area contributed by atoms with E-state index in [1.54, 1.807) is 7.11 Å². The molecule has 24 heavy (non-hydrogen) atoms. The van der Waals surface area contributed by atoms with Crippen molar-refractivity contribution in [2.24, 2.45) is 4.99 Å². The Kier molecular flexibility index (Phi) is 12.4. The van der Waals surface area contributed by atoms with Gasteiger partial charge in [-0.15, -0.1) is 24.0 Å². The second kappa shape index (κ2) is 12.7. The number of halogens is 1. The maximum Gasteiger partial charge on any atom is 0.191 e. The Morgan fingerprint density at radius 3 is 2.38 bits per heavy atom. The second-order valence-electron chi connectivity index (χ2n) is 6.12. The summed E-state index contributed by atoms with van der Waals surface area (Å²) in [5.74, 6) is 1.80. The molecule has 0 aliphatic carbocycles. The highest BCUT2D eigenvalue weighted by molar-refractivity contribution is 14.0. The van der Waals surface area contributed by atoms with Gasteiger partial charge in [-0.25, -0.2) is 0 Å². The average Bonchev–Trinajstić information content (AvgIpc) is 2.57. The van der Waals surface area contributed by atoms with Crippen LogP contribution in [0.5, 0.6) is 5.75 Å². The number of aliphatic imine (C=N–C) groups is 1. The third kappa shape index (κ3) is 9.61. The number of methoxy groups -OCH3 is 1. The van der Waals surface area contributed by atoms with E-state index in [0.717, 1.165) is 44.1 Å². The Morgan fingerprint density at radius 2 is 1.83 bits per heavy atom. The van der Waals surface area contributed by atoms with Gasteiger partial charge in [0.15, 0.2) is 5.96 Å². The predicted octanol–water partition coefficient (Wildman–Crippen LogP) is 3.94. The first-order chi connectivity index (χ1) is 11.0. The van der Waals surface area contributed by atoms with Crippen LogP contribution in [0.25, 0.3) is 0 Å². The maximum atomic E-state index is 5.17. The molecule has 0 unspecified atom stereocenters. The second-order valence-corrected chi connectivity index (χ2v) is 7.63. The molecule has 0 saturated carbocycles. The summed E-state index contributed by atoms with van der Waals surface area (Å²) >= 11 is 1.86. The Labute approximate surface area is 168 Å². The lowest BCUT2D eigenvalue weighted by atomic mass is 10.1. The van der Waals surface area contributed by atoms with Gasteiger partial charge in [0.05, 0.1) is 7.11 Å². The first-order valence-corrected chi connectivity index (χ1v) is 9.36. The molecule has 0 atom stereocenters. The van der Waals surface area contributed by atoms with E-state index in [9.17, 15) is 0 Å². The molecule has 1 aromatic carbocycles. The minimum atomic E-state index is 0. The molecule has 0 amide bonds. The lowest BCUT2D eigenvalue weighted by Gasteiger charge is -2.23. The smallest absolute Gasteiger partial charge is 0.191 e. The van der Waals surface area contributed by atoms with Crippen LogP contribution in [0.4, 0.5) is 0 Å². The molecule has 6 heteroatoms. The van der Waals surface area contributed by atoms with Crippen LogP contribution in [0.1, 0.15) is 32.3 Å². The van der Waals surface area contributed by atoms with Crippen LogP contribution >= 0.6 is 35.7 Å². The molecule has 0 aliphatic heterocycles. The summed E-state index contributed by atoms with van der Waals surface area (Å²) < 4.78 is 5.39. The Bertz CT molecular complexity index is 478. The first-order valence-electron chi connectivity index (χ1n) is 8.13. The molecule has 1 aromatic rings. The third-order valence-electron chi connectivity index (χ3n) is 3.80. The highest BCUT2D eigenvalue weighted by Gasteiger charge is 2.15. The number of ether oxygens (including phenoxy) is 1. The zero-order valence-corrected chi connectivity index (χ0v) is 18.7. The van der Waals surface area contributed by atoms with Crippen molar-refractivity contribution in [3.8, 4) is 5.75 Å². The number of rotatable bonds is 9. The van der Waals surface area contributed by atoms with Gasteiger partial charge in [0.1, 0.15) is 5.75 Å². The van der Waals surface area contributed by atoms with Crippen molar-refractivity contribution >= 4 is 41.7 Å².